The molecule has 3 nitrogen and oxygen atoms in total. The van der Waals surface area contributed by atoms with Gasteiger partial charge in [0.15, 0.2) is 0 Å². The van der Waals surface area contributed by atoms with Gasteiger partial charge in [-0.05, 0) is 30.3 Å². The molecule has 0 spiro atoms. The zero-order valence-corrected chi connectivity index (χ0v) is 11.5. The van der Waals surface area contributed by atoms with Crippen molar-refractivity contribution in [3.8, 4) is 0 Å². The van der Waals surface area contributed by atoms with Gasteiger partial charge in [-0.2, -0.15) is 0 Å². The van der Waals surface area contributed by atoms with Crippen LogP contribution in [0.25, 0.3) is 0 Å². The summed E-state index contributed by atoms with van der Waals surface area (Å²) in [6.07, 6.45) is 0. The largest absolute Gasteiger partial charge is 0.461 e. The van der Waals surface area contributed by atoms with Crippen LogP contribution in [0.1, 0.15) is 10.4 Å². The molecule has 2 rings (SSSR count). The summed E-state index contributed by atoms with van der Waals surface area (Å²) in [7, 11) is 0. The van der Waals surface area contributed by atoms with Gasteiger partial charge in [0.1, 0.15) is 12.4 Å². The molecule has 0 amide bonds. The highest BCUT2D eigenvalue weighted by Crippen LogP contribution is 2.17. The van der Waals surface area contributed by atoms with Crippen LogP contribution in [0.15, 0.2) is 53.4 Å². The molecule has 0 saturated heterocycles. The fourth-order valence-electron chi connectivity index (χ4n) is 1.56. The molecule has 0 atom stereocenters. The molecule has 0 aliphatic carbocycles. The average Bonchev–Trinajstić information content (AvgIpc) is 2.47. The van der Waals surface area contributed by atoms with Gasteiger partial charge in [0.05, 0.1) is 11.3 Å². The lowest BCUT2D eigenvalue weighted by molar-refractivity contribution is 0.0530. The molecule has 2 aromatic carbocycles. The first kappa shape index (κ1) is 14.4. The van der Waals surface area contributed by atoms with E-state index in [1.165, 1.54) is 12.1 Å². The smallest absolute Gasteiger partial charge is 0.338 e. The summed E-state index contributed by atoms with van der Waals surface area (Å²) in [6.45, 7) is 0.287. The summed E-state index contributed by atoms with van der Waals surface area (Å²) in [6, 6.07) is 13.6. The predicted molar refractivity (Wildman–Crippen MR) is 78.3 cm³/mol. The molecule has 5 heteroatoms. The third-order valence-corrected chi connectivity index (χ3v) is 3.54. The second-order valence-corrected chi connectivity index (χ2v) is 5.20. The molecule has 2 aromatic rings. The van der Waals surface area contributed by atoms with Crippen LogP contribution in [0.4, 0.5) is 10.1 Å². The molecule has 0 fully saturated rings. The number of nitrogen functional groups attached to an aromatic ring is 1. The maximum atomic E-state index is 13.0. The Labute approximate surface area is 120 Å². The van der Waals surface area contributed by atoms with Gasteiger partial charge in [-0.15, -0.1) is 11.8 Å². The lowest BCUT2D eigenvalue weighted by Gasteiger charge is -2.06. The monoisotopic (exact) mass is 291 g/mol. The summed E-state index contributed by atoms with van der Waals surface area (Å²) in [4.78, 5) is 12.8. The molecule has 0 aliphatic heterocycles. The van der Waals surface area contributed by atoms with E-state index in [0.717, 1.165) is 11.0 Å². The number of halogens is 1. The molecule has 2 N–H and O–H groups in total. The van der Waals surface area contributed by atoms with Gasteiger partial charge in [-0.1, -0.05) is 18.2 Å². The van der Waals surface area contributed by atoms with E-state index in [1.54, 1.807) is 11.8 Å². The van der Waals surface area contributed by atoms with Crippen molar-refractivity contribution in [3.05, 3.63) is 59.9 Å². The van der Waals surface area contributed by atoms with Crippen LogP contribution < -0.4 is 5.73 Å². The van der Waals surface area contributed by atoms with Crippen LogP contribution in [0.5, 0.6) is 0 Å². The number of rotatable bonds is 5. The average molecular weight is 291 g/mol. The first-order valence-corrected chi connectivity index (χ1v) is 7.05. The van der Waals surface area contributed by atoms with E-state index < -0.39 is 11.8 Å². The molecular weight excluding hydrogens is 277 g/mol. The zero-order chi connectivity index (χ0) is 14.4. The van der Waals surface area contributed by atoms with Crippen molar-refractivity contribution in [1.82, 2.24) is 0 Å². The van der Waals surface area contributed by atoms with Gasteiger partial charge in [0.2, 0.25) is 0 Å². The minimum atomic E-state index is -0.541. The molecule has 0 aromatic heterocycles. The van der Waals surface area contributed by atoms with E-state index in [9.17, 15) is 9.18 Å². The van der Waals surface area contributed by atoms with Crippen LogP contribution >= 0.6 is 11.8 Å². The Hall–Kier alpha value is -2.01. The van der Waals surface area contributed by atoms with Gasteiger partial charge >= 0.3 is 5.97 Å². The topological polar surface area (TPSA) is 52.3 Å². The standard InChI is InChI=1S/C15H14FNO2S/c16-13-7-6-11(10-14(13)17)15(18)19-8-9-20-12-4-2-1-3-5-12/h1-7,10H,8-9,17H2. The number of hydrogen-bond acceptors (Lipinski definition) is 4. The maximum absolute atomic E-state index is 13.0. The summed E-state index contributed by atoms with van der Waals surface area (Å²) in [5.74, 6) is -0.376. The van der Waals surface area contributed by atoms with Crippen molar-refractivity contribution in [2.75, 3.05) is 18.1 Å². The number of carbonyl (C=O) groups excluding carboxylic acids is 1. The fourth-order valence-corrected chi connectivity index (χ4v) is 2.32. The minimum absolute atomic E-state index is 0.0573. The summed E-state index contributed by atoms with van der Waals surface area (Å²) >= 11 is 1.60. The van der Waals surface area contributed by atoms with Crippen molar-refractivity contribution in [1.29, 1.82) is 0 Å². The highest BCUT2D eigenvalue weighted by Gasteiger charge is 2.09. The number of hydrogen-bond donors (Lipinski definition) is 1. The first-order chi connectivity index (χ1) is 9.66. The van der Waals surface area contributed by atoms with Crippen LogP contribution in [0.3, 0.4) is 0 Å². The van der Waals surface area contributed by atoms with E-state index >= 15 is 0 Å². The van der Waals surface area contributed by atoms with Crippen molar-refractivity contribution in [2.45, 2.75) is 4.90 Å². The van der Waals surface area contributed by atoms with Crippen molar-refractivity contribution >= 4 is 23.4 Å². The maximum Gasteiger partial charge on any atom is 0.338 e. The second kappa shape index (κ2) is 6.96. The van der Waals surface area contributed by atoms with Crippen LogP contribution in [0.2, 0.25) is 0 Å². The third-order valence-electron chi connectivity index (χ3n) is 2.56. The molecule has 0 radical (unpaired) electrons. The van der Waals surface area contributed by atoms with Gasteiger partial charge in [-0.25, -0.2) is 9.18 Å². The van der Waals surface area contributed by atoms with E-state index in [0.29, 0.717) is 5.75 Å². The molecule has 0 bridgehead atoms. The highest BCUT2D eigenvalue weighted by atomic mass is 32.2. The van der Waals surface area contributed by atoms with E-state index in [2.05, 4.69) is 0 Å². The molecule has 0 heterocycles. The van der Waals surface area contributed by atoms with Gasteiger partial charge in [0.25, 0.3) is 0 Å². The van der Waals surface area contributed by atoms with E-state index in [4.69, 9.17) is 10.5 Å². The van der Waals surface area contributed by atoms with Crippen molar-refractivity contribution in [3.63, 3.8) is 0 Å². The summed E-state index contributed by atoms with van der Waals surface area (Å²) in [5, 5.41) is 0. The van der Waals surface area contributed by atoms with Crippen LogP contribution in [-0.2, 0) is 4.74 Å². The van der Waals surface area contributed by atoms with Gasteiger partial charge in [0, 0.05) is 10.6 Å². The number of anilines is 1. The fraction of sp³-hybridized carbons (Fsp3) is 0.133. The SMILES string of the molecule is Nc1cc(C(=O)OCCSc2ccccc2)ccc1F. The third kappa shape index (κ3) is 3.99. The van der Waals surface area contributed by atoms with E-state index in [1.807, 2.05) is 30.3 Å². The number of ether oxygens (including phenoxy) is 1. The number of esters is 1. The Morgan fingerprint density at radius 3 is 2.65 bits per heavy atom. The molecule has 104 valence electrons. The molecule has 0 saturated carbocycles. The first-order valence-electron chi connectivity index (χ1n) is 6.07. The van der Waals surface area contributed by atoms with Crippen LogP contribution in [-0.4, -0.2) is 18.3 Å². The molecule has 20 heavy (non-hydrogen) atoms. The Morgan fingerprint density at radius 1 is 1.20 bits per heavy atom. The lowest BCUT2D eigenvalue weighted by atomic mass is 10.2. The summed E-state index contributed by atoms with van der Waals surface area (Å²) in [5.41, 5.74) is 5.60. The molecular formula is C15H14FNO2S. The Balaban J connectivity index is 1.79. The normalized spacial score (nSPS) is 10.2. The Kier molecular flexibility index (Phi) is 5.01. The Morgan fingerprint density at radius 2 is 1.95 bits per heavy atom. The number of nitrogens with two attached hydrogens (primary N) is 1. The number of thioether (sulfide) groups is 1. The van der Waals surface area contributed by atoms with Crippen molar-refractivity contribution in [2.24, 2.45) is 0 Å². The Bertz CT molecular complexity index is 590. The minimum Gasteiger partial charge on any atom is -0.461 e. The molecule has 0 aliphatic rings. The summed E-state index contributed by atoms with van der Waals surface area (Å²) < 4.78 is 18.1. The van der Waals surface area contributed by atoms with Crippen molar-refractivity contribution < 1.29 is 13.9 Å². The van der Waals surface area contributed by atoms with Gasteiger partial charge < -0.3 is 10.5 Å². The number of carbonyl (C=O) groups is 1. The van der Waals surface area contributed by atoms with Gasteiger partial charge in [-0.3, -0.25) is 0 Å². The lowest BCUT2D eigenvalue weighted by Crippen LogP contribution is -2.08. The molecule has 0 unspecified atom stereocenters. The quantitative estimate of drug-likeness (QED) is 0.397. The zero-order valence-electron chi connectivity index (χ0n) is 10.7. The van der Waals surface area contributed by atoms with E-state index in [-0.39, 0.29) is 17.9 Å². The number of benzene rings is 2. The predicted octanol–water partition coefficient (Wildman–Crippen LogP) is 3.36. The highest BCUT2D eigenvalue weighted by molar-refractivity contribution is 7.99. The van der Waals surface area contributed by atoms with Crippen LogP contribution in [0, 0.1) is 5.82 Å². The second-order valence-electron chi connectivity index (χ2n) is 4.03.